The Bertz CT molecular complexity index is 778. The molecule has 0 spiro atoms. The molecule has 118 valence electrons. The Morgan fingerprint density at radius 3 is 2.74 bits per heavy atom. The van der Waals surface area contributed by atoms with Gasteiger partial charge in [-0.2, -0.15) is 0 Å². The van der Waals surface area contributed by atoms with Crippen molar-refractivity contribution >= 4 is 23.1 Å². The number of anilines is 2. The van der Waals surface area contributed by atoms with Crippen molar-refractivity contribution < 1.29 is 17.9 Å². The number of hydrogen-bond acceptors (Lipinski definition) is 7. The van der Waals surface area contributed by atoms with Crippen molar-refractivity contribution in [3.05, 3.63) is 43.1 Å². The van der Waals surface area contributed by atoms with Gasteiger partial charge in [-0.25, -0.2) is 9.97 Å². The summed E-state index contributed by atoms with van der Waals surface area (Å²) in [5, 5.41) is 10.4. The van der Waals surface area contributed by atoms with Crippen LogP contribution in [0.4, 0.5) is 20.3 Å². The van der Waals surface area contributed by atoms with Crippen LogP contribution in [0.15, 0.2) is 47.5 Å². The molecule has 0 saturated heterocycles. The number of nitrogens with zero attached hydrogens (tertiary/aromatic N) is 4. The molecule has 0 radical (unpaired) electrons. The van der Waals surface area contributed by atoms with Crippen molar-refractivity contribution in [3.8, 4) is 17.3 Å². The van der Waals surface area contributed by atoms with E-state index < -0.39 is 5.57 Å². The summed E-state index contributed by atoms with van der Waals surface area (Å²) in [4.78, 5) is 8.11. The number of hydrogen-bond donors (Lipinski definition) is 1. The zero-order chi connectivity index (χ0) is 16.3. The number of rotatable bonds is 5. The van der Waals surface area contributed by atoms with E-state index in [9.17, 15) is 8.78 Å². The molecule has 23 heavy (non-hydrogen) atoms. The van der Waals surface area contributed by atoms with Crippen molar-refractivity contribution in [2.45, 2.75) is 5.57 Å². The first-order valence-corrected chi connectivity index (χ1v) is 6.59. The molecule has 7 nitrogen and oxygen atoms in total. The molecule has 0 aromatic carbocycles. The Balaban J connectivity index is 1.80. The number of alkyl halides is 3. The lowest BCUT2D eigenvalue weighted by atomic mass is 10.3. The molecule has 10 heteroatoms. The molecule has 3 heterocycles. The smallest absolute Gasteiger partial charge is 0.422 e. The monoisotopic (exact) mass is 339 g/mol. The van der Waals surface area contributed by atoms with E-state index in [1.54, 1.807) is 18.3 Å². The van der Waals surface area contributed by atoms with Gasteiger partial charge in [0.2, 0.25) is 6.39 Å². The van der Waals surface area contributed by atoms with Gasteiger partial charge in [0.15, 0.2) is 5.69 Å². The second kappa shape index (κ2) is 6.13. The molecule has 3 rings (SSSR count). The van der Waals surface area contributed by atoms with Crippen LogP contribution in [0.1, 0.15) is 0 Å². The molecule has 0 atom stereocenters. The molecular weight excluding hydrogens is 332 g/mol. The van der Waals surface area contributed by atoms with Gasteiger partial charge in [-0.3, -0.25) is 0 Å². The molecule has 3 aromatic heterocycles. The van der Waals surface area contributed by atoms with Gasteiger partial charge in [0.05, 0.1) is 11.9 Å². The van der Waals surface area contributed by atoms with Crippen LogP contribution in [0.25, 0.3) is 11.6 Å². The van der Waals surface area contributed by atoms with Crippen molar-refractivity contribution in [1.82, 2.24) is 20.2 Å². The van der Waals surface area contributed by atoms with E-state index in [4.69, 9.17) is 4.42 Å². The molecule has 0 saturated carbocycles. The molecule has 0 fully saturated rings. The topological polar surface area (TPSA) is 86.0 Å². The zero-order valence-corrected chi connectivity index (χ0v) is 12.0. The van der Waals surface area contributed by atoms with Gasteiger partial charge in [0.25, 0.3) is 5.89 Å². The summed E-state index contributed by atoms with van der Waals surface area (Å²) in [6.45, 7) is 0. The summed E-state index contributed by atoms with van der Waals surface area (Å²) in [5.41, 5.74) is -2.80. The fraction of sp³-hybridized carbons (Fsp3) is 0.0769. The predicted molar refractivity (Wildman–Crippen MR) is 76.5 cm³/mol. The van der Waals surface area contributed by atoms with Crippen LogP contribution in [0, 0.1) is 0 Å². The lowest BCUT2D eigenvalue weighted by Gasteiger charge is -2.11. The number of halogens is 3. The molecule has 0 amide bonds. The van der Waals surface area contributed by atoms with Gasteiger partial charge >= 0.3 is 5.57 Å². The fourth-order valence-corrected chi connectivity index (χ4v) is 1.83. The summed E-state index contributed by atoms with van der Waals surface area (Å²) in [7, 11) is 0. The highest BCUT2D eigenvalue weighted by atomic mass is 35.5. The Morgan fingerprint density at radius 1 is 1.22 bits per heavy atom. The van der Waals surface area contributed by atoms with Gasteiger partial charge < -0.3 is 14.5 Å². The highest BCUT2D eigenvalue weighted by Gasteiger charge is 2.27. The first-order valence-electron chi connectivity index (χ1n) is 6.22. The van der Waals surface area contributed by atoms with E-state index >= 15 is 0 Å². The zero-order valence-electron chi connectivity index (χ0n) is 11.3. The lowest BCUT2D eigenvalue weighted by Crippen LogP contribution is -2.15. The molecule has 0 aliphatic heterocycles. The summed E-state index contributed by atoms with van der Waals surface area (Å²) >= 11 is 4.68. The maximum absolute atomic E-state index is 12.5. The Hall–Kier alpha value is -2.81. The quantitative estimate of drug-likeness (QED) is 0.712. The predicted octanol–water partition coefficient (Wildman–Crippen LogP) is 3.44. The van der Waals surface area contributed by atoms with Crippen molar-refractivity contribution in [3.63, 3.8) is 0 Å². The third kappa shape index (κ3) is 3.89. The fourth-order valence-electron chi connectivity index (χ4n) is 1.74. The number of aromatic nitrogens is 4. The minimum absolute atomic E-state index is 0.168. The Kier molecular flexibility index (Phi) is 4.02. The molecule has 0 aliphatic rings. The van der Waals surface area contributed by atoms with Crippen LogP contribution >= 0.6 is 11.6 Å². The number of nitrogens with one attached hydrogen (secondary N) is 1. The molecule has 0 bridgehead atoms. The molecule has 0 unspecified atom stereocenters. The minimum Gasteiger partial charge on any atom is -0.422 e. The third-order valence-corrected chi connectivity index (χ3v) is 2.68. The first-order chi connectivity index (χ1) is 11.0. The SMILES string of the molecule is FC(F)(Cl)Oc1ccc(Nc2cccnc2-c2nnco2)nc1. The van der Waals surface area contributed by atoms with Gasteiger partial charge in [0.1, 0.15) is 11.6 Å². The molecule has 3 aromatic rings. The van der Waals surface area contributed by atoms with Crippen LogP contribution in [0.5, 0.6) is 5.75 Å². The third-order valence-electron chi connectivity index (χ3n) is 2.60. The highest BCUT2D eigenvalue weighted by molar-refractivity contribution is 6.20. The summed E-state index contributed by atoms with van der Waals surface area (Å²) in [6.07, 6.45) is 3.86. The van der Waals surface area contributed by atoms with Crippen molar-refractivity contribution in [2.75, 3.05) is 5.32 Å². The van der Waals surface area contributed by atoms with Gasteiger partial charge in [-0.1, -0.05) is 0 Å². The van der Waals surface area contributed by atoms with E-state index in [0.717, 1.165) is 6.20 Å². The van der Waals surface area contributed by atoms with E-state index in [1.807, 2.05) is 0 Å². The number of ether oxygens (including phenoxy) is 1. The minimum atomic E-state index is -3.79. The molecular formula is C13H8ClF2N5O2. The lowest BCUT2D eigenvalue weighted by molar-refractivity contribution is -0.0966. The standard InChI is InChI=1S/C13H8ClF2N5O2/c14-13(15,16)23-8-3-4-10(18-6-8)20-9-2-1-5-17-11(9)12-21-19-7-22-12/h1-7H,(H,18,20). The molecule has 1 N–H and O–H groups in total. The average molecular weight is 340 g/mol. The Morgan fingerprint density at radius 2 is 2.09 bits per heavy atom. The van der Waals surface area contributed by atoms with Gasteiger partial charge in [-0.15, -0.1) is 19.0 Å². The van der Waals surface area contributed by atoms with E-state index in [2.05, 4.69) is 41.8 Å². The van der Waals surface area contributed by atoms with Crippen LogP contribution in [-0.4, -0.2) is 25.7 Å². The van der Waals surface area contributed by atoms with Crippen molar-refractivity contribution in [2.24, 2.45) is 0 Å². The average Bonchev–Trinajstić information content (AvgIpc) is 3.02. The Labute approximate surface area is 133 Å². The van der Waals surface area contributed by atoms with Crippen LogP contribution in [0.3, 0.4) is 0 Å². The van der Waals surface area contributed by atoms with Crippen LogP contribution in [-0.2, 0) is 0 Å². The first kappa shape index (κ1) is 15.1. The van der Waals surface area contributed by atoms with Crippen LogP contribution < -0.4 is 10.1 Å². The van der Waals surface area contributed by atoms with Crippen LogP contribution in [0.2, 0.25) is 0 Å². The van der Waals surface area contributed by atoms with Gasteiger partial charge in [-0.05, 0) is 24.3 Å². The highest BCUT2D eigenvalue weighted by Crippen LogP contribution is 2.28. The maximum Gasteiger partial charge on any atom is 0.487 e. The largest absolute Gasteiger partial charge is 0.487 e. The second-order valence-electron chi connectivity index (χ2n) is 4.20. The summed E-state index contributed by atoms with van der Waals surface area (Å²) in [6, 6.07) is 6.18. The molecule has 0 aliphatic carbocycles. The summed E-state index contributed by atoms with van der Waals surface area (Å²) in [5.74, 6) is 0.442. The van der Waals surface area contributed by atoms with E-state index in [0.29, 0.717) is 17.2 Å². The van der Waals surface area contributed by atoms with E-state index in [-0.39, 0.29) is 11.6 Å². The van der Waals surface area contributed by atoms with Gasteiger partial charge in [0, 0.05) is 17.8 Å². The summed E-state index contributed by atoms with van der Waals surface area (Å²) < 4.78 is 34.4. The van der Waals surface area contributed by atoms with E-state index in [1.165, 1.54) is 18.5 Å². The second-order valence-corrected chi connectivity index (χ2v) is 4.64. The maximum atomic E-state index is 12.5. The van der Waals surface area contributed by atoms with Crippen molar-refractivity contribution in [1.29, 1.82) is 0 Å². The normalized spacial score (nSPS) is 11.3. The number of pyridine rings is 2.